The van der Waals surface area contributed by atoms with E-state index in [2.05, 4.69) is 20.8 Å². The van der Waals surface area contributed by atoms with E-state index in [-0.39, 0.29) is 5.54 Å². The Hall–Kier alpha value is -0.0800. The molecule has 0 aliphatic rings. The van der Waals surface area contributed by atoms with Crippen LogP contribution in [0.4, 0.5) is 0 Å². The first kappa shape index (κ1) is 11.9. The van der Waals surface area contributed by atoms with Crippen LogP contribution in [0, 0.1) is 5.21 Å². The smallest absolute Gasteiger partial charge is 0.0968 e. The van der Waals surface area contributed by atoms with Crippen molar-refractivity contribution in [3.05, 3.63) is 5.21 Å². The number of nitrogens with one attached hydrogen (secondary N) is 1. The van der Waals surface area contributed by atoms with Gasteiger partial charge in [0.1, 0.15) is 0 Å². The van der Waals surface area contributed by atoms with Crippen molar-refractivity contribution in [1.82, 2.24) is 0 Å². The maximum atomic E-state index is 11.5. The Balaban J connectivity index is 4.28. The summed E-state index contributed by atoms with van der Waals surface area (Å²) in [6.07, 6.45) is 5.37. The number of hydrogen-bond acceptors (Lipinski definition) is 1. The van der Waals surface area contributed by atoms with E-state index in [1.54, 1.807) is 7.05 Å². The van der Waals surface area contributed by atoms with Gasteiger partial charge >= 0.3 is 0 Å². The summed E-state index contributed by atoms with van der Waals surface area (Å²) in [4.78, 5) is 0. The second-order valence-electron chi connectivity index (χ2n) is 3.69. The number of hydroxylamine groups is 2. The molecule has 0 rings (SSSR count). The van der Waals surface area contributed by atoms with Gasteiger partial charge in [0.15, 0.2) is 0 Å². The Morgan fingerprint density at radius 3 is 1.67 bits per heavy atom. The molecule has 0 aromatic carbocycles. The SMILES string of the molecule is CCCC(CC)(CCC)[NH+](C)[O-]. The van der Waals surface area contributed by atoms with E-state index in [4.69, 9.17) is 0 Å². The molecule has 0 aliphatic carbocycles. The molecular weight excluding hydrogens is 150 g/mol. The van der Waals surface area contributed by atoms with Crippen LogP contribution >= 0.6 is 0 Å². The molecule has 1 atom stereocenters. The summed E-state index contributed by atoms with van der Waals surface area (Å²) in [5.74, 6) is 0. The maximum Gasteiger partial charge on any atom is 0.0968 e. The third-order valence-corrected chi connectivity index (χ3v) is 2.88. The fourth-order valence-corrected chi connectivity index (χ4v) is 2.04. The van der Waals surface area contributed by atoms with Crippen molar-refractivity contribution in [2.24, 2.45) is 0 Å². The molecule has 0 aliphatic heterocycles. The molecule has 0 saturated carbocycles. The molecule has 0 heterocycles. The summed E-state index contributed by atoms with van der Waals surface area (Å²) in [6.45, 7) is 6.44. The maximum absolute atomic E-state index is 11.5. The number of rotatable bonds is 6. The molecule has 0 amide bonds. The van der Waals surface area contributed by atoms with E-state index in [1.807, 2.05) is 0 Å². The summed E-state index contributed by atoms with van der Waals surface area (Å²) in [6, 6.07) is 0. The predicted molar refractivity (Wildman–Crippen MR) is 53.1 cm³/mol. The third-order valence-electron chi connectivity index (χ3n) is 2.88. The standard InChI is InChI=1S/C10H23NO/c1-5-8-10(7-3,9-6-2)11(4)12/h11H,5-9H2,1-4H3. The minimum atomic E-state index is 0.00347. The molecule has 0 bridgehead atoms. The fourth-order valence-electron chi connectivity index (χ4n) is 2.04. The summed E-state index contributed by atoms with van der Waals surface area (Å²) in [7, 11) is 1.74. The van der Waals surface area contributed by atoms with Crippen LogP contribution in [-0.4, -0.2) is 12.6 Å². The van der Waals surface area contributed by atoms with Gasteiger partial charge in [-0.25, -0.2) is 0 Å². The highest BCUT2D eigenvalue weighted by atomic mass is 16.5. The lowest BCUT2D eigenvalue weighted by atomic mass is 9.86. The van der Waals surface area contributed by atoms with Crippen molar-refractivity contribution in [3.63, 3.8) is 0 Å². The highest BCUT2D eigenvalue weighted by molar-refractivity contribution is 4.76. The molecule has 0 spiro atoms. The van der Waals surface area contributed by atoms with Crippen LogP contribution in [0.1, 0.15) is 52.9 Å². The Morgan fingerprint density at radius 2 is 1.50 bits per heavy atom. The van der Waals surface area contributed by atoms with E-state index in [0.29, 0.717) is 5.06 Å². The quantitative estimate of drug-likeness (QED) is 0.609. The second kappa shape index (κ2) is 5.55. The van der Waals surface area contributed by atoms with Gasteiger partial charge in [-0.1, -0.05) is 33.6 Å². The van der Waals surface area contributed by atoms with Gasteiger partial charge in [-0.3, -0.25) is 0 Å². The Bertz CT molecular complexity index is 106. The third kappa shape index (κ3) is 2.76. The largest absolute Gasteiger partial charge is 0.634 e. The Labute approximate surface area is 76.5 Å². The Kier molecular flexibility index (Phi) is 5.51. The molecule has 12 heavy (non-hydrogen) atoms. The first-order valence-electron chi connectivity index (χ1n) is 5.14. The van der Waals surface area contributed by atoms with Crippen molar-refractivity contribution in [2.45, 2.75) is 58.4 Å². The molecule has 1 unspecified atom stereocenters. The van der Waals surface area contributed by atoms with Crippen molar-refractivity contribution >= 4 is 0 Å². The molecule has 0 aromatic rings. The first-order chi connectivity index (χ1) is 5.63. The van der Waals surface area contributed by atoms with Crippen LogP contribution in [0.5, 0.6) is 0 Å². The van der Waals surface area contributed by atoms with Gasteiger partial charge in [0, 0.05) is 12.8 Å². The van der Waals surface area contributed by atoms with E-state index in [1.165, 1.54) is 0 Å². The van der Waals surface area contributed by atoms with Crippen LogP contribution in [0.25, 0.3) is 0 Å². The minimum absolute atomic E-state index is 0.00347. The molecule has 0 radical (unpaired) electrons. The van der Waals surface area contributed by atoms with E-state index in [9.17, 15) is 5.21 Å². The molecule has 0 fully saturated rings. The summed E-state index contributed by atoms with van der Waals surface area (Å²) >= 11 is 0. The molecule has 74 valence electrons. The van der Waals surface area contributed by atoms with Crippen molar-refractivity contribution in [3.8, 4) is 0 Å². The molecule has 2 heteroatoms. The molecule has 1 N–H and O–H groups in total. The van der Waals surface area contributed by atoms with Gasteiger partial charge in [-0.05, 0) is 6.42 Å². The zero-order valence-electron chi connectivity index (χ0n) is 8.94. The van der Waals surface area contributed by atoms with E-state index in [0.717, 1.165) is 32.1 Å². The van der Waals surface area contributed by atoms with Gasteiger partial charge in [0.2, 0.25) is 0 Å². The normalized spacial score (nSPS) is 14.8. The number of quaternary nitrogens is 1. The van der Waals surface area contributed by atoms with Crippen LogP contribution < -0.4 is 5.06 Å². The first-order valence-corrected chi connectivity index (χ1v) is 5.14. The van der Waals surface area contributed by atoms with Crippen LogP contribution in [-0.2, 0) is 0 Å². The molecule has 0 saturated heterocycles. The molecule has 0 aromatic heterocycles. The van der Waals surface area contributed by atoms with Gasteiger partial charge in [0.25, 0.3) is 0 Å². The summed E-state index contributed by atoms with van der Waals surface area (Å²) < 4.78 is 0. The average Bonchev–Trinajstić information content (AvgIpc) is 2.03. The van der Waals surface area contributed by atoms with Crippen molar-refractivity contribution in [1.29, 1.82) is 0 Å². The van der Waals surface area contributed by atoms with Crippen LogP contribution in [0.15, 0.2) is 0 Å². The van der Waals surface area contributed by atoms with Gasteiger partial charge in [0.05, 0.1) is 12.6 Å². The lowest BCUT2D eigenvalue weighted by molar-refractivity contribution is -0.887. The van der Waals surface area contributed by atoms with Crippen molar-refractivity contribution in [2.75, 3.05) is 7.05 Å². The second-order valence-corrected chi connectivity index (χ2v) is 3.69. The Morgan fingerprint density at radius 1 is 1.08 bits per heavy atom. The zero-order chi connectivity index (χ0) is 9.61. The van der Waals surface area contributed by atoms with Crippen LogP contribution in [0.2, 0.25) is 0 Å². The highest BCUT2D eigenvalue weighted by Gasteiger charge is 2.30. The van der Waals surface area contributed by atoms with Gasteiger partial charge in [-0.15, -0.1) is 0 Å². The summed E-state index contributed by atoms with van der Waals surface area (Å²) in [5, 5.41) is 11.9. The minimum Gasteiger partial charge on any atom is -0.634 e. The fraction of sp³-hybridized carbons (Fsp3) is 1.00. The zero-order valence-corrected chi connectivity index (χ0v) is 8.94. The van der Waals surface area contributed by atoms with Crippen molar-refractivity contribution < 1.29 is 5.06 Å². The summed E-state index contributed by atoms with van der Waals surface area (Å²) in [5.41, 5.74) is 0.00347. The highest BCUT2D eigenvalue weighted by Crippen LogP contribution is 2.19. The molecule has 2 nitrogen and oxygen atoms in total. The topological polar surface area (TPSA) is 27.5 Å². The van der Waals surface area contributed by atoms with Crippen LogP contribution in [0.3, 0.4) is 0 Å². The number of hydrogen-bond donors (Lipinski definition) is 1. The lowest BCUT2D eigenvalue weighted by Gasteiger charge is -2.40. The average molecular weight is 173 g/mol. The van der Waals surface area contributed by atoms with E-state index >= 15 is 0 Å². The monoisotopic (exact) mass is 173 g/mol. The van der Waals surface area contributed by atoms with Gasteiger partial charge < -0.3 is 10.3 Å². The van der Waals surface area contributed by atoms with E-state index < -0.39 is 0 Å². The van der Waals surface area contributed by atoms with Gasteiger partial charge in [-0.2, -0.15) is 0 Å². The molecular formula is C10H23NO. The lowest BCUT2D eigenvalue weighted by Crippen LogP contribution is -3.13. The predicted octanol–water partition coefficient (Wildman–Crippen LogP) is 1.75.